The lowest BCUT2D eigenvalue weighted by molar-refractivity contribution is -0.143. The van der Waals surface area contributed by atoms with E-state index in [1.165, 1.54) is 19.3 Å². The van der Waals surface area contributed by atoms with Crippen LogP contribution in [-0.4, -0.2) is 11.1 Å². The summed E-state index contributed by atoms with van der Waals surface area (Å²) in [4.78, 5) is 11.1. The summed E-state index contributed by atoms with van der Waals surface area (Å²) < 4.78 is 0. The molecule has 0 amide bonds. The van der Waals surface area contributed by atoms with Gasteiger partial charge in [0.1, 0.15) is 0 Å². The molecule has 2 heteroatoms. The van der Waals surface area contributed by atoms with Crippen molar-refractivity contribution in [1.29, 1.82) is 0 Å². The molecule has 72 valence electrons. The molecule has 2 nitrogen and oxygen atoms in total. The molecule has 1 spiro atoms. The van der Waals surface area contributed by atoms with Gasteiger partial charge in [-0.3, -0.25) is 4.79 Å². The van der Waals surface area contributed by atoms with Gasteiger partial charge >= 0.3 is 5.97 Å². The van der Waals surface area contributed by atoms with Crippen molar-refractivity contribution in [1.82, 2.24) is 0 Å². The Bertz CT molecular complexity index is 307. The van der Waals surface area contributed by atoms with Crippen LogP contribution in [0.1, 0.15) is 39.5 Å². The molecule has 3 aliphatic rings. The van der Waals surface area contributed by atoms with Crippen LogP contribution >= 0.6 is 0 Å². The molecule has 0 heterocycles. The molecule has 13 heavy (non-hydrogen) atoms. The number of carboxylic acid groups (broad SMARTS) is 1. The third kappa shape index (κ3) is 0.628. The van der Waals surface area contributed by atoms with Crippen LogP contribution in [0.2, 0.25) is 0 Å². The summed E-state index contributed by atoms with van der Waals surface area (Å²) in [5.74, 6) is 0.283. The Morgan fingerprint density at radius 3 is 2.31 bits per heavy atom. The fraction of sp³-hybridized carbons (Fsp3) is 0.909. The van der Waals surface area contributed by atoms with E-state index in [1.807, 2.05) is 6.92 Å². The molecule has 0 unspecified atom stereocenters. The zero-order valence-electron chi connectivity index (χ0n) is 8.26. The third-order valence-electron chi connectivity index (χ3n) is 5.17. The predicted octanol–water partition coefficient (Wildman–Crippen LogP) is 2.29. The van der Waals surface area contributed by atoms with E-state index < -0.39 is 5.97 Å². The van der Waals surface area contributed by atoms with Crippen LogP contribution in [0.4, 0.5) is 0 Å². The highest BCUT2D eigenvalue weighted by molar-refractivity contribution is 5.81. The van der Waals surface area contributed by atoms with E-state index in [2.05, 4.69) is 6.92 Å². The maximum Gasteiger partial charge on any atom is 0.309 e. The van der Waals surface area contributed by atoms with Crippen molar-refractivity contribution in [3.05, 3.63) is 0 Å². The van der Waals surface area contributed by atoms with Crippen molar-refractivity contribution in [2.45, 2.75) is 39.5 Å². The molecule has 0 aliphatic heterocycles. The number of hydrogen-bond donors (Lipinski definition) is 1. The summed E-state index contributed by atoms with van der Waals surface area (Å²) in [5.41, 5.74) is 0.247. The highest BCUT2D eigenvalue weighted by Crippen LogP contribution is 2.91. The van der Waals surface area contributed by atoms with Gasteiger partial charge in [-0.05, 0) is 49.4 Å². The van der Waals surface area contributed by atoms with E-state index in [0.29, 0.717) is 5.41 Å². The molecule has 3 saturated carbocycles. The molecule has 0 bridgehead atoms. The molecular formula is C11H16O2. The zero-order valence-corrected chi connectivity index (χ0v) is 8.26. The fourth-order valence-corrected chi connectivity index (χ4v) is 3.77. The number of carboxylic acids is 1. The van der Waals surface area contributed by atoms with E-state index in [9.17, 15) is 4.79 Å². The van der Waals surface area contributed by atoms with Gasteiger partial charge in [0.15, 0.2) is 0 Å². The Morgan fingerprint density at radius 1 is 1.31 bits per heavy atom. The molecule has 0 saturated heterocycles. The molecule has 3 aliphatic carbocycles. The summed E-state index contributed by atoms with van der Waals surface area (Å²) in [5, 5.41) is 9.12. The Hall–Kier alpha value is -0.530. The van der Waals surface area contributed by atoms with Crippen molar-refractivity contribution in [3.63, 3.8) is 0 Å². The summed E-state index contributed by atoms with van der Waals surface area (Å²) in [6.07, 6.45) is 4.79. The highest BCUT2D eigenvalue weighted by atomic mass is 16.4. The Kier molecular flexibility index (Phi) is 1.00. The quantitative estimate of drug-likeness (QED) is 0.708. The minimum atomic E-state index is -0.572. The fourth-order valence-electron chi connectivity index (χ4n) is 3.77. The van der Waals surface area contributed by atoms with Crippen LogP contribution in [0.25, 0.3) is 0 Å². The first-order chi connectivity index (χ1) is 5.96. The summed E-state index contributed by atoms with van der Waals surface area (Å²) >= 11 is 0. The SMILES string of the molecule is C[C@@]1(C(=O)O)C[C@@]12C[C@]2(C)C1CC1. The lowest BCUT2D eigenvalue weighted by atomic mass is 9.93. The maximum atomic E-state index is 11.1. The van der Waals surface area contributed by atoms with Crippen LogP contribution in [0.3, 0.4) is 0 Å². The molecule has 0 aromatic rings. The molecule has 1 N–H and O–H groups in total. The van der Waals surface area contributed by atoms with E-state index >= 15 is 0 Å². The average Bonchev–Trinajstić information content (AvgIpc) is 2.78. The zero-order chi connectivity index (χ0) is 9.48. The average molecular weight is 180 g/mol. The predicted molar refractivity (Wildman–Crippen MR) is 48.2 cm³/mol. The second-order valence-corrected chi connectivity index (χ2v) is 5.76. The van der Waals surface area contributed by atoms with Crippen molar-refractivity contribution in [2.24, 2.45) is 22.2 Å². The first-order valence-corrected chi connectivity index (χ1v) is 5.20. The van der Waals surface area contributed by atoms with Crippen molar-refractivity contribution in [2.75, 3.05) is 0 Å². The highest BCUT2D eigenvalue weighted by Gasteiger charge is 2.88. The minimum Gasteiger partial charge on any atom is -0.481 e. The van der Waals surface area contributed by atoms with E-state index in [4.69, 9.17) is 5.11 Å². The van der Waals surface area contributed by atoms with Crippen molar-refractivity contribution >= 4 is 5.97 Å². The van der Waals surface area contributed by atoms with Crippen LogP contribution in [0, 0.1) is 22.2 Å². The van der Waals surface area contributed by atoms with Crippen LogP contribution in [-0.2, 0) is 4.79 Å². The van der Waals surface area contributed by atoms with Gasteiger partial charge in [-0.25, -0.2) is 0 Å². The number of aliphatic carboxylic acids is 1. The number of carbonyl (C=O) groups is 1. The standard InChI is InChI=1S/C11H16O2/c1-9(7-3-4-7)5-11(9)6-10(11,2)8(12)13/h7H,3-6H2,1-2H3,(H,12,13)/t9-,10+,11-/m1/s1. The first kappa shape index (κ1) is 7.84. The largest absolute Gasteiger partial charge is 0.481 e. The number of hydrogen-bond acceptors (Lipinski definition) is 1. The second kappa shape index (κ2) is 1.67. The van der Waals surface area contributed by atoms with Gasteiger partial charge in [0, 0.05) is 0 Å². The molecule has 3 atom stereocenters. The van der Waals surface area contributed by atoms with Gasteiger partial charge in [0.25, 0.3) is 0 Å². The van der Waals surface area contributed by atoms with Crippen LogP contribution in [0.5, 0.6) is 0 Å². The molecule has 0 aromatic heterocycles. The van der Waals surface area contributed by atoms with Crippen molar-refractivity contribution < 1.29 is 9.90 Å². The molecule has 3 fully saturated rings. The van der Waals surface area contributed by atoms with Crippen LogP contribution < -0.4 is 0 Å². The monoisotopic (exact) mass is 180 g/mol. The second-order valence-electron chi connectivity index (χ2n) is 5.76. The van der Waals surface area contributed by atoms with E-state index in [1.54, 1.807) is 0 Å². The molecular weight excluding hydrogens is 164 g/mol. The number of rotatable bonds is 2. The molecule has 0 radical (unpaired) electrons. The van der Waals surface area contributed by atoms with E-state index in [-0.39, 0.29) is 10.8 Å². The smallest absolute Gasteiger partial charge is 0.309 e. The minimum absolute atomic E-state index is 0.215. The van der Waals surface area contributed by atoms with Gasteiger partial charge in [-0.2, -0.15) is 0 Å². The lowest BCUT2D eigenvalue weighted by Crippen LogP contribution is -2.16. The van der Waals surface area contributed by atoms with E-state index in [0.717, 1.165) is 12.3 Å². The first-order valence-electron chi connectivity index (χ1n) is 5.20. The summed E-state index contributed by atoms with van der Waals surface area (Å²) in [6.45, 7) is 4.24. The lowest BCUT2D eigenvalue weighted by Gasteiger charge is -2.11. The molecule has 0 aromatic carbocycles. The Labute approximate surface area is 78.3 Å². The maximum absolute atomic E-state index is 11.1. The van der Waals surface area contributed by atoms with Gasteiger partial charge in [-0.15, -0.1) is 0 Å². The van der Waals surface area contributed by atoms with Gasteiger partial charge < -0.3 is 5.11 Å². The normalized spacial score (nSPS) is 58.0. The topological polar surface area (TPSA) is 37.3 Å². The Balaban J connectivity index is 1.87. The Morgan fingerprint density at radius 2 is 1.92 bits per heavy atom. The van der Waals surface area contributed by atoms with Gasteiger partial charge in [0.2, 0.25) is 0 Å². The van der Waals surface area contributed by atoms with Crippen molar-refractivity contribution in [3.8, 4) is 0 Å². The third-order valence-corrected chi connectivity index (χ3v) is 5.17. The summed E-state index contributed by atoms with van der Waals surface area (Å²) in [6, 6.07) is 0. The summed E-state index contributed by atoms with van der Waals surface area (Å²) in [7, 11) is 0. The van der Waals surface area contributed by atoms with Crippen LogP contribution in [0.15, 0.2) is 0 Å². The molecule has 3 rings (SSSR count). The van der Waals surface area contributed by atoms with Gasteiger partial charge in [0.05, 0.1) is 5.41 Å². The van der Waals surface area contributed by atoms with Gasteiger partial charge in [-0.1, -0.05) is 6.92 Å².